The lowest BCUT2D eigenvalue weighted by Crippen LogP contribution is -2.48. The molecule has 1 atom stereocenters. The van der Waals surface area contributed by atoms with Gasteiger partial charge in [0, 0.05) is 5.54 Å². The van der Waals surface area contributed by atoms with Gasteiger partial charge in [-0.15, -0.1) is 6.58 Å². The summed E-state index contributed by atoms with van der Waals surface area (Å²) in [7, 11) is 3.93. The summed E-state index contributed by atoms with van der Waals surface area (Å²) < 4.78 is 0. The van der Waals surface area contributed by atoms with Gasteiger partial charge >= 0.3 is 0 Å². The van der Waals surface area contributed by atoms with Crippen LogP contribution >= 0.6 is 0 Å². The number of hydrogen-bond donors (Lipinski definition) is 1. The second-order valence-corrected chi connectivity index (χ2v) is 3.59. The van der Waals surface area contributed by atoms with Gasteiger partial charge in [0.2, 0.25) is 0 Å². The molecule has 0 aliphatic carbocycles. The molecule has 0 aliphatic heterocycles. The van der Waals surface area contributed by atoms with Gasteiger partial charge in [0.15, 0.2) is 0 Å². The number of hydrogen-bond acceptors (Lipinski definition) is 2. The third-order valence-corrected chi connectivity index (χ3v) is 2.36. The van der Waals surface area contributed by atoms with Crippen molar-refractivity contribution in [3.8, 4) is 0 Å². The van der Waals surface area contributed by atoms with Crippen LogP contribution in [0, 0.1) is 0 Å². The molecule has 0 fully saturated rings. The first-order chi connectivity index (χ1) is 4.92. The average Bonchev–Trinajstić information content (AvgIpc) is 1.88. The fraction of sp³-hybridized carbons (Fsp3) is 0.778. The molecule has 0 heterocycles. The SMILES string of the molecule is C=CCC(O)C(C)(C)N(C)C. The highest BCUT2D eigenvalue weighted by Crippen LogP contribution is 2.17. The van der Waals surface area contributed by atoms with Crippen molar-refractivity contribution in [2.75, 3.05) is 14.1 Å². The summed E-state index contributed by atoms with van der Waals surface area (Å²) in [4.78, 5) is 2.02. The lowest BCUT2D eigenvalue weighted by molar-refractivity contribution is 0.0200. The summed E-state index contributed by atoms with van der Waals surface area (Å²) >= 11 is 0. The van der Waals surface area contributed by atoms with Crippen LogP contribution in [0.2, 0.25) is 0 Å². The van der Waals surface area contributed by atoms with E-state index in [0.717, 1.165) is 0 Å². The predicted molar refractivity (Wildman–Crippen MR) is 48.6 cm³/mol. The molecule has 0 saturated heterocycles. The van der Waals surface area contributed by atoms with Gasteiger partial charge < -0.3 is 10.0 Å². The zero-order valence-electron chi connectivity index (χ0n) is 7.96. The van der Waals surface area contributed by atoms with E-state index in [2.05, 4.69) is 6.58 Å². The minimum absolute atomic E-state index is 0.172. The lowest BCUT2D eigenvalue weighted by Gasteiger charge is -2.36. The summed E-state index contributed by atoms with van der Waals surface area (Å²) in [6.45, 7) is 7.63. The summed E-state index contributed by atoms with van der Waals surface area (Å²) in [5.41, 5.74) is -0.172. The second kappa shape index (κ2) is 3.88. The third kappa shape index (κ3) is 2.64. The average molecular weight is 157 g/mol. The highest BCUT2D eigenvalue weighted by atomic mass is 16.3. The van der Waals surface area contributed by atoms with E-state index in [-0.39, 0.29) is 11.6 Å². The van der Waals surface area contributed by atoms with Crippen LogP contribution < -0.4 is 0 Å². The molecule has 0 aromatic heterocycles. The van der Waals surface area contributed by atoms with E-state index in [1.54, 1.807) is 6.08 Å². The van der Waals surface area contributed by atoms with Crippen molar-refractivity contribution in [1.29, 1.82) is 0 Å². The Morgan fingerprint density at radius 3 is 2.27 bits per heavy atom. The Bertz CT molecular complexity index is 130. The van der Waals surface area contributed by atoms with E-state index < -0.39 is 0 Å². The Labute approximate surface area is 69.5 Å². The molecule has 1 N–H and O–H groups in total. The molecule has 0 aromatic carbocycles. The molecule has 0 bridgehead atoms. The van der Waals surface area contributed by atoms with Crippen LogP contribution in [-0.4, -0.2) is 35.7 Å². The van der Waals surface area contributed by atoms with Gasteiger partial charge in [0.1, 0.15) is 0 Å². The number of nitrogens with zero attached hydrogens (tertiary/aromatic N) is 1. The molecule has 1 unspecified atom stereocenters. The van der Waals surface area contributed by atoms with Crippen molar-refractivity contribution in [1.82, 2.24) is 4.90 Å². The van der Waals surface area contributed by atoms with Gasteiger partial charge in [0.25, 0.3) is 0 Å². The van der Waals surface area contributed by atoms with E-state index in [1.807, 2.05) is 32.8 Å². The maximum atomic E-state index is 9.63. The molecule has 2 heteroatoms. The monoisotopic (exact) mass is 157 g/mol. The lowest BCUT2D eigenvalue weighted by atomic mass is 9.93. The Morgan fingerprint density at radius 1 is 1.55 bits per heavy atom. The van der Waals surface area contributed by atoms with Gasteiger partial charge in [-0.3, -0.25) is 0 Å². The van der Waals surface area contributed by atoms with Crippen LogP contribution in [0.4, 0.5) is 0 Å². The predicted octanol–water partition coefficient (Wildman–Crippen LogP) is 1.26. The molecule has 0 spiro atoms. The fourth-order valence-corrected chi connectivity index (χ4v) is 0.744. The summed E-state index contributed by atoms with van der Waals surface area (Å²) in [5, 5.41) is 9.63. The Kier molecular flexibility index (Phi) is 3.76. The van der Waals surface area contributed by atoms with Crippen LogP contribution in [0.15, 0.2) is 12.7 Å². The molecule has 11 heavy (non-hydrogen) atoms. The van der Waals surface area contributed by atoms with E-state index in [0.29, 0.717) is 6.42 Å². The number of likely N-dealkylation sites (N-methyl/N-ethyl adjacent to an activating group) is 1. The zero-order valence-corrected chi connectivity index (χ0v) is 7.96. The van der Waals surface area contributed by atoms with Crippen LogP contribution in [0.1, 0.15) is 20.3 Å². The summed E-state index contributed by atoms with van der Waals surface area (Å²) in [6, 6.07) is 0. The van der Waals surface area contributed by atoms with E-state index in [9.17, 15) is 5.11 Å². The zero-order chi connectivity index (χ0) is 9.07. The first-order valence-electron chi connectivity index (χ1n) is 3.89. The van der Waals surface area contributed by atoms with Crippen LogP contribution in [0.3, 0.4) is 0 Å². The van der Waals surface area contributed by atoms with Gasteiger partial charge in [-0.25, -0.2) is 0 Å². The van der Waals surface area contributed by atoms with Gasteiger partial charge in [-0.2, -0.15) is 0 Å². The van der Waals surface area contributed by atoms with Crippen molar-refractivity contribution < 1.29 is 5.11 Å². The van der Waals surface area contributed by atoms with E-state index in [1.165, 1.54) is 0 Å². The number of aliphatic hydroxyl groups excluding tert-OH is 1. The van der Waals surface area contributed by atoms with Crippen molar-refractivity contribution >= 4 is 0 Å². The Morgan fingerprint density at radius 2 is 2.00 bits per heavy atom. The Hall–Kier alpha value is -0.340. The van der Waals surface area contributed by atoms with Crippen LogP contribution in [-0.2, 0) is 0 Å². The molecule has 0 saturated carbocycles. The van der Waals surface area contributed by atoms with Gasteiger partial charge in [0.05, 0.1) is 6.10 Å². The minimum atomic E-state index is -0.338. The van der Waals surface area contributed by atoms with Crippen molar-refractivity contribution in [3.05, 3.63) is 12.7 Å². The normalized spacial score (nSPS) is 15.1. The maximum Gasteiger partial charge on any atom is 0.0752 e. The first kappa shape index (κ1) is 10.7. The number of rotatable bonds is 4. The van der Waals surface area contributed by atoms with Gasteiger partial charge in [-0.05, 0) is 34.4 Å². The quantitative estimate of drug-likeness (QED) is 0.621. The standard InChI is InChI=1S/C9H19NO/c1-6-7-8(11)9(2,3)10(4)5/h6,8,11H,1,7H2,2-5H3. The molecular weight excluding hydrogens is 138 g/mol. The van der Waals surface area contributed by atoms with Crippen molar-refractivity contribution in [3.63, 3.8) is 0 Å². The molecule has 2 nitrogen and oxygen atoms in total. The highest BCUT2D eigenvalue weighted by Gasteiger charge is 2.28. The summed E-state index contributed by atoms with van der Waals surface area (Å²) in [5.74, 6) is 0. The topological polar surface area (TPSA) is 23.5 Å². The Balaban J connectivity index is 4.16. The first-order valence-corrected chi connectivity index (χ1v) is 3.89. The smallest absolute Gasteiger partial charge is 0.0752 e. The highest BCUT2D eigenvalue weighted by molar-refractivity contribution is 4.89. The molecule has 0 radical (unpaired) electrons. The molecular formula is C9H19NO. The molecule has 0 aromatic rings. The summed E-state index contributed by atoms with van der Waals surface area (Å²) in [6.07, 6.45) is 2.05. The van der Waals surface area contributed by atoms with E-state index >= 15 is 0 Å². The molecule has 0 aliphatic rings. The van der Waals surface area contributed by atoms with Crippen LogP contribution in [0.5, 0.6) is 0 Å². The molecule has 66 valence electrons. The second-order valence-electron chi connectivity index (χ2n) is 3.59. The third-order valence-electron chi connectivity index (χ3n) is 2.36. The van der Waals surface area contributed by atoms with Crippen molar-refractivity contribution in [2.45, 2.75) is 31.9 Å². The minimum Gasteiger partial charge on any atom is -0.391 e. The number of aliphatic hydroxyl groups is 1. The fourth-order valence-electron chi connectivity index (χ4n) is 0.744. The molecule has 0 amide bonds. The van der Waals surface area contributed by atoms with E-state index in [4.69, 9.17) is 0 Å². The molecule has 0 rings (SSSR count). The van der Waals surface area contributed by atoms with Crippen molar-refractivity contribution in [2.24, 2.45) is 0 Å². The van der Waals surface area contributed by atoms with Crippen LogP contribution in [0.25, 0.3) is 0 Å². The largest absolute Gasteiger partial charge is 0.391 e. The van der Waals surface area contributed by atoms with Gasteiger partial charge in [-0.1, -0.05) is 6.08 Å². The maximum absolute atomic E-state index is 9.63.